The average Bonchev–Trinajstić information content (AvgIpc) is 3.01. The van der Waals surface area contributed by atoms with Gasteiger partial charge in [-0.2, -0.15) is 0 Å². The minimum absolute atomic E-state index is 0.0563. The van der Waals surface area contributed by atoms with Gasteiger partial charge in [-0.3, -0.25) is 0 Å². The third kappa shape index (κ3) is 3.64. The SMILES string of the molecule is CC(C)(C)S(OC[C@@H]1CCC[C@H]1O)(c1ccccc1)c1ccccc1. The second kappa shape index (κ2) is 7.53. The molecule has 2 nitrogen and oxygen atoms in total. The van der Waals surface area contributed by atoms with Crippen LogP contribution in [0.5, 0.6) is 0 Å². The Kier molecular flexibility index (Phi) is 5.57. The average molecular weight is 359 g/mol. The van der Waals surface area contributed by atoms with Crippen LogP contribution < -0.4 is 0 Å². The summed E-state index contributed by atoms with van der Waals surface area (Å²) in [7, 11) is -1.69. The maximum absolute atomic E-state index is 10.3. The first-order chi connectivity index (χ1) is 11.9. The molecule has 0 amide bonds. The number of hydrogen-bond donors (Lipinski definition) is 1. The minimum atomic E-state index is -1.69. The summed E-state index contributed by atoms with van der Waals surface area (Å²) in [4.78, 5) is 2.50. The second-order valence-corrected chi connectivity index (χ2v) is 11.4. The van der Waals surface area contributed by atoms with Gasteiger partial charge in [-0.15, -0.1) is 0 Å². The van der Waals surface area contributed by atoms with E-state index in [4.69, 9.17) is 4.18 Å². The maximum Gasteiger partial charge on any atom is 0.0654 e. The molecule has 0 bridgehead atoms. The van der Waals surface area contributed by atoms with Crippen LogP contribution in [0.25, 0.3) is 0 Å². The summed E-state index contributed by atoms with van der Waals surface area (Å²) in [6, 6.07) is 21.3. The van der Waals surface area contributed by atoms with Gasteiger partial charge in [0, 0.05) is 20.5 Å². The quantitative estimate of drug-likeness (QED) is 0.732. The molecule has 1 saturated carbocycles. The van der Waals surface area contributed by atoms with Crippen molar-refractivity contribution in [1.29, 1.82) is 0 Å². The molecule has 136 valence electrons. The lowest BCUT2D eigenvalue weighted by atomic mass is 10.1. The molecule has 0 saturated heterocycles. The van der Waals surface area contributed by atoms with E-state index in [-0.39, 0.29) is 16.8 Å². The molecule has 3 heteroatoms. The molecule has 2 aromatic carbocycles. The first kappa shape index (κ1) is 18.5. The lowest BCUT2D eigenvalue weighted by Crippen LogP contribution is -2.30. The lowest BCUT2D eigenvalue weighted by molar-refractivity contribution is 0.102. The van der Waals surface area contributed by atoms with Gasteiger partial charge in [0.15, 0.2) is 0 Å². The first-order valence-corrected chi connectivity index (χ1v) is 10.8. The molecule has 25 heavy (non-hydrogen) atoms. The Balaban J connectivity index is 2.05. The Hall–Kier alpha value is -1.29. The van der Waals surface area contributed by atoms with Crippen LogP contribution in [0.15, 0.2) is 70.5 Å². The summed E-state index contributed by atoms with van der Waals surface area (Å²) in [6.45, 7) is 7.44. The molecule has 3 rings (SSSR count). The van der Waals surface area contributed by atoms with Gasteiger partial charge in [0.25, 0.3) is 0 Å². The van der Waals surface area contributed by atoms with Gasteiger partial charge in [0.05, 0.1) is 12.7 Å². The smallest absolute Gasteiger partial charge is 0.0654 e. The minimum Gasteiger partial charge on any atom is -0.393 e. The van der Waals surface area contributed by atoms with Crippen molar-refractivity contribution < 1.29 is 9.29 Å². The van der Waals surface area contributed by atoms with Gasteiger partial charge in [0.2, 0.25) is 0 Å². The monoisotopic (exact) mass is 358 g/mol. The fraction of sp³-hybridized carbons (Fsp3) is 0.455. The third-order valence-electron chi connectivity index (χ3n) is 5.09. The van der Waals surface area contributed by atoms with E-state index in [1.54, 1.807) is 0 Å². The number of aliphatic hydroxyl groups is 1. The van der Waals surface area contributed by atoms with E-state index in [2.05, 4.69) is 81.4 Å². The molecular formula is C22H30O2S. The van der Waals surface area contributed by atoms with Gasteiger partial charge in [-0.1, -0.05) is 53.1 Å². The summed E-state index contributed by atoms with van der Waals surface area (Å²) in [5.41, 5.74) is 0. The Morgan fingerprint density at radius 3 is 1.84 bits per heavy atom. The molecule has 2 atom stereocenters. The highest BCUT2D eigenvalue weighted by Gasteiger charge is 2.42. The highest BCUT2D eigenvalue weighted by Crippen LogP contribution is 2.71. The summed E-state index contributed by atoms with van der Waals surface area (Å²) in [6.07, 6.45) is 2.85. The standard InChI is InChI=1S/C22H30O2S/c1-22(2,3)25(19-12-6-4-7-13-19,20-14-8-5-9-15-20)24-17-18-11-10-16-21(18)23/h4-9,12-15,18,21,23H,10-11,16-17H2,1-3H3/t18-,21+/m0/s1. The maximum atomic E-state index is 10.3. The Labute approximate surface area is 153 Å². The number of benzene rings is 2. The largest absolute Gasteiger partial charge is 0.393 e. The predicted octanol–water partition coefficient (Wildman–Crippen LogP) is 5.80. The molecule has 0 spiro atoms. The van der Waals surface area contributed by atoms with E-state index in [0.29, 0.717) is 6.61 Å². The molecule has 2 aromatic rings. The lowest BCUT2D eigenvalue weighted by Gasteiger charge is -2.50. The first-order valence-electron chi connectivity index (χ1n) is 9.21. The van der Waals surface area contributed by atoms with Gasteiger partial charge < -0.3 is 9.29 Å². The topological polar surface area (TPSA) is 29.5 Å². The van der Waals surface area contributed by atoms with Crippen molar-refractivity contribution in [3.8, 4) is 0 Å². The van der Waals surface area contributed by atoms with E-state index >= 15 is 0 Å². The number of hydrogen-bond acceptors (Lipinski definition) is 2. The zero-order valence-electron chi connectivity index (χ0n) is 15.5. The van der Waals surface area contributed by atoms with E-state index in [1.807, 2.05) is 0 Å². The summed E-state index contributed by atoms with van der Waals surface area (Å²) >= 11 is 0. The molecule has 1 fully saturated rings. The molecule has 1 aliphatic carbocycles. The molecule has 1 aliphatic rings. The predicted molar refractivity (Wildman–Crippen MR) is 106 cm³/mol. The summed E-state index contributed by atoms with van der Waals surface area (Å²) in [5.74, 6) is 0.252. The molecule has 0 aliphatic heterocycles. The van der Waals surface area contributed by atoms with Crippen molar-refractivity contribution in [1.82, 2.24) is 0 Å². The molecule has 0 radical (unpaired) electrons. The fourth-order valence-corrected chi connectivity index (χ4v) is 7.55. The van der Waals surface area contributed by atoms with Crippen LogP contribution >= 0.6 is 10.3 Å². The van der Waals surface area contributed by atoms with Gasteiger partial charge >= 0.3 is 0 Å². The van der Waals surface area contributed by atoms with E-state index in [0.717, 1.165) is 19.3 Å². The van der Waals surface area contributed by atoms with Crippen LogP contribution in [-0.4, -0.2) is 22.6 Å². The molecule has 0 aromatic heterocycles. The van der Waals surface area contributed by atoms with Crippen molar-refractivity contribution >= 4 is 10.3 Å². The van der Waals surface area contributed by atoms with Gasteiger partial charge in [-0.25, -0.2) is 0 Å². The number of rotatable bonds is 5. The van der Waals surface area contributed by atoms with Crippen LogP contribution in [0, 0.1) is 5.92 Å². The van der Waals surface area contributed by atoms with Crippen molar-refractivity contribution in [2.24, 2.45) is 5.92 Å². The highest BCUT2D eigenvalue weighted by atomic mass is 32.3. The zero-order valence-corrected chi connectivity index (χ0v) is 16.3. The number of aliphatic hydroxyl groups excluding tert-OH is 1. The van der Waals surface area contributed by atoms with Crippen molar-refractivity contribution in [2.45, 2.75) is 60.7 Å². The highest BCUT2D eigenvalue weighted by molar-refractivity contribution is 8.31. The second-order valence-electron chi connectivity index (χ2n) is 7.84. The molecule has 0 unspecified atom stereocenters. The van der Waals surface area contributed by atoms with Crippen LogP contribution in [0.3, 0.4) is 0 Å². The van der Waals surface area contributed by atoms with Crippen LogP contribution in [-0.2, 0) is 4.18 Å². The molecule has 1 N–H and O–H groups in total. The Morgan fingerprint density at radius 2 is 1.44 bits per heavy atom. The molecular weight excluding hydrogens is 328 g/mol. The third-order valence-corrected chi connectivity index (χ3v) is 9.18. The van der Waals surface area contributed by atoms with Crippen LogP contribution in [0.1, 0.15) is 40.0 Å². The normalized spacial score (nSPS) is 22.1. The zero-order chi connectivity index (χ0) is 17.9. The summed E-state index contributed by atoms with van der Waals surface area (Å²) < 4.78 is 6.79. The van der Waals surface area contributed by atoms with Gasteiger partial charge in [0.1, 0.15) is 0 Å². The van der Waals surface area contributed by atoms with Crippen LogP contribution in [0.4, 0.5) is 0 Å². The van der Waals surface area contributed by atoms with E-state index < -0.39 is 10.3 Å². The van der Waals surface area contributed by atoms with Crippen molar-refractivity contribution in [3.05, 3.63) is 60.7 Å². The van der Waals surface area contributed by atoms with Crippen LogP contribution in [0.2, 0.25) is 0 Å². The van der Waals surface area contributed by atoms with Gasteiger partial charge in [-0.05, 0) is 57.9 Å². The Bertz CT molecular complexity index is 624. The van der Waals surface area contributed by atoms with Crippen molar-refractivity contribution in [3.63, 3.8) is 0 Å². The summed E-state index contributed by atoms with van der Waals surface area (Å²) in [5, 5.41) is 10.3. The molecule has 0 heterocycles. The van der Waals surface area contributed by atoms with E-state index in [1.165, 1.54) is 9.79 Å². The fourth-order valence-electron chi connectivity index (χ4n) is 3.78. The Morgan fingerprint density at radius 1 is 0.920 bits per heavy atom. The van der Waals surface area contributed by atoms with E-state index in [9.17, 15) is 5.11 Å². The van der Waals surface area contributed by atoms with Crippen molar-refractivity contribution in [2.75, 3.05) is 6.61 Å².